The monoisotopic (exact) mass is 152 g/mol. The first-order valence-corrected chi connectivity index (χ1v) is 3.47. The Morgan fingerprint density at radius 3 is 2.45 bits per heavy atom. The Morgan fingerprint density at radius 2 is 1.91 bits per heavy atom. The van der Waals surface area contributed by atoms with Crippen LogP contribution in [0.1, 0.15) is 11.6 Å². The average molecular weight is 152 g/mol. The molecule has 4 N–H and O–H groups in total. The van der Waals surface area contributed by atoms with E-state index in [1.165, 1.54) is 0 Å². The number of benzene rings is 1. The van der Waals surface area contributed by atoms with E-state index in [-0.39, 0.29) is 6.04 Å². The first kappa shape index (κ1) is 8.20. The second-order valence-corrected chi connectivity index (χ2v) is 2.35. The van der Waals surface area contributed by atoms with E-state index in [2.05, 4.69) is 4.84 Å². The highest BCUT2D eigenvalue weighted by Gasteiger charge is 2.02. The van der Waals surface area contributed by atoms with Crippen LogP contribution in [-0.2, 0) is 4.84 Å². The number of nitrogens with two attached hydrogens (primary N) is 2. The van der Waals surface area contributed by atoms with Gasteiger partial charge >= 0.3 is 0 Å². The van der Waals surface area contributed by atoms with Crippen molar-refractivity contribution in [2.75, 3.05) is 6.61 Å². The normalized spacial score (nSPS) is 12.9. The molecule has 0 aromatic heterocycles. The van der Waals surface area contributed by atoms with Crippen molar-refractivity contribution >= 4 is 0 Å². The molecule has 11 heavy (non-hydrogen) atoms. The van der Waals surface area contributed by atoms with Crippen LogP contribution in [-0.4, -0.2) is 6.61 Å². The maximum Gasteiger partial charge on any atom is 0.0872 e. The van der Waals surface area contributed by atoms with Crippen LogP contribution in [0.4, 0.5) is 0 Å². The first-order chi connectivity index (χ1) is 5.34. The van der Waals surface area contributed by atoms with Gasteiger partial charge in [0.25, 0.3) is 0 Å². The molecule has 0 saturated carbocycles. The van der Waals surface area contributed by atoms with E-state index in [1.54, 1.807) is 0 Å². The maximum absolute atomic E-state index is 5.70. The summed E-state index contributed by atoms with van der Waals surface area (Å²) >= 11 is 0. The fourth-order valence-electron chi connectivity index (χ4n) is 0.900. The van der Waals surface area contributed by atoms with Crippen LogP contribution < -0.4 is 11.6 Å². The third kappa shape index (κ3) is 2.31. The summed E-state index contributed by atoms with van der Waals surface area (Å²) in [6.07, 6.45) is 0. The van der Waals surface area contributed by atoms with E-state index in [1.807, 2.05) is 30.3 Å². The molecule has 0 amide bonds. The minimum Gasteiger partial charge on any atom is -0.322 e. The van der Waals surface area contributed by atoms with Crippen molar-refractivity contribution in [2.45, 2.75) is 6.04 Å². The summed E-state index contributed by atoms with van der Waals surface area (Å²) in [5.74, 6) is 4.89. The van der Waals surface area contributed by atoms with Gasteiger partial charge in [-0.1, -0.05) is 30.3 Å². The van der Waals surface area contributed by atoms with Gasteiger partial charge in [0.1, 0.15) is 0 Å². The molecular formula is C8H12N2O. The molecule has 0 spiro atoms. The Hall–Kier alpha value is -0.900. The molecule has 0 heterocycles. The van der Waals surface area contributed by atoms with Crippen molar-refractivity contribution in [3.63, 3.8) is 0 Å². The van der Waals surface area contributed by atoms with Crippen LogP contribution in [0.5, 0.6) is 0 Å². The zero-order valence-corrected chi connectivity index (χ0v) is 6.23. The highest BCUT2D eigenvalue weighted by atomic mass is 16.6. The predicted octanol–water partition coefficient (Wildman–Crippen LogP) is 0.577. The second-order valence-electron chi connectivity index (χ2n) is 2.35. The van der Waals surface area contributed by atoms with E-state index in [0.717, 1.165) is 5.56 Å². The number of hydrogen-bond acceptors (Lipinski definition) is 3. The fourth-order valence-corrected chi connectivity index (χ4v) is 0.900. The van der Waals surface area contributed by atoms with Gasteiger partial charge in [-0.05, 0) is 5.56 Å². The van der Waals surface area contributed by atoms with Gasteiger partial charge in [-0.15, -0.1) is 0 Å². The van der Waals surface area contributed by atoms with Gasteiger partial charge in [0.2, 0.25) is 0 Å². The van der Waals surface area contributed by atoms with Crippen molar-refractivity contribution in [1.29, 1.82) is 0 Å². The molecule has 0 radical (unpaired) electrons. The predicted molar refractivity (Wildman–Crippen MR) is 43.5 cm³/mol. The first-order valence-electron chi connectivity index (χ1n) is 3.47. The van der Waals surface area contributed by atoms with Crippen LogP contribution in [0.3, 0.4) is 0 Å². The lowest BCUT2D eigenvalue weighted by atomic mass is 10.1. The number of rotatable bonds is 3. The zero-order valence-electron chi connectivity index (χ0n) is 6.23. The molecule has 1 rings (SSSR count). The van der Waals surface area contributed by atoms with Gasteiger partial charge in [0.15, 0.2) is 0 Å². The Kier molecular flexibility index (Phi) is 3.04. The lowest BCUT2D eigenvalue weighted by Crippen LogP contribution is -2.18. The molecule has 0 aliphatic rings. The summed E-state index contributed by atoms with van der Waals surface area (Å²) in [7, 11) is 0. The highest BCUT2D eigenvalue weighted by Crippen LogP contribution is 2.08. The Morgan fingerprint density at radius 1 is 1.27 bits per heavy atom. The van der Waals surface area contributed by atoms with Crippen molar-refractivity contribution in [1.82, 2.24) is 0 Å². The minimum atomic E-state index is -0.124. The molecule has 0 unspecified atom stereocenters. The second kappa shape index (κ2) is 4.08. The van der Waals surface area contributed by atoms with E-state index >= 15 is 0 Å². The van der Waals surface area contributed by atoms with E-state index < -0.39 is 0 Å². The van der Waals surface area contributed by atoms with Crippen molar-refractivity contribution in [2.24, 2.45) is 11.6 Å². The van der Waals surface area contributed by atoms with Gasteiger partial charge < -0.3 is 10.6 Å². The van der Waals surface area contributed by atoms with Gasteiger partial charge in [-0.3, -0.25) is 0 Å². The van der Waals surface area contributed by atoms with Gasteiger partial charge in [0, 0.05) is 0 Å². The summed E-state index contributed by atoms with van der Waals surface area (Å²) < 4.78 is 0. The third-order valence-corrected chi connectivity index (χ3v) is 1.50. The summed E-state index contributed by atoms with van der Waals surface area (Å²) in [6.45, 7) is 0.351. The van der Waals surface area contributed by atoms with E-state index in [4.69, 9.17) is 11.6 Å². The van der Waals surface area contributed by atoms with Crippen molar-refractivity contribution < 1.29 is 4.84 Å². The fraction of sp³-hybridized carbons (Fsp3) is 0.250. The van der Waals surface area contributed by atoms with Gasteiger partial charge in [-0.25, -0.2) is 5.90 Å². The summed E-state index contributed by atoms with van der Waals surface area (Å²) in [5, 5.41) is 0. The van der Waals surface area contributed by atoms with Crippen LogP contribution >= 0.6 is 0 Å². The molecule has 0 aliphatic heterocycles. The van der Waals surface area contributed by atoms with E-state index in [9.17, 15) is 0 Å². The minimum absolute atomic E-state index is 0.124. The van der Waals surface area contributed by atoms with Crippen LogP contribution in [0.15, 0.2) is 30.3 Å². The molecule has 0 bridgehead atoms. The van der Waals surface area contributed by atoms with E-state index in [0.29, 0.717) is 6.61 Å². The lowest BCUT2D eigenvalue weighted by Gasteiger charge is -2.08. The smallest absolute Gasteiger partial charge is 0.0872 e. The van der Waals surface area contributed by atoms with Crippen LogP contribution in [0.2, 0.25) is 0 Å². The molecule has 0 saturated heterocycles. The molecule has 0 fully saturated rings. The summed E-state index contributed by atoms with van der Waals surface area (Å²) in [4.78, 5) is 4.43. The van der Waals surface area contributed by atoms with Gasteiger partial charge in [0.05, 0.1) is 12.6 Å². The molecule has 3 nitrogen and oxygen atoms in total. The zero-order chi connectivity index (χ0) is 8.10. The topological polar surface area (TPSA) is 61.3 Å². The average Bonchev–Trinajstić information content (AvgIpc) is 2.07. The molecular weight excluding hydrogens is 140 g/mol. The standard InChI is InChI=1S/C8H12N2O/c9-8(6-11-10)7-4-2-1-3-5-7/h1-5,8H,6,9-10H2/t8-/m1/s1. The Bertz CT molecular complexity index is 201. The maximum atomic E-state index is 5.70. The lowest BCUT2D eigenvalue weighted by molar-refractivity contribution is 0.124. The number of hydrogen-bond donors (Lipinski definition) is 2. The third-order valence-electron chi connectivity index (χ3n) is 1.50. The molecule has 1 aromatic rings. The molecule has 1 aromatic carbocycles. The molecule has 60 valence electrons. The molecule has 3 heteroatoms. The van der Waals surface area contributed by atoms with Crippen molar-refractivity contribution in [3.05, 3.63) is 35.9 Å². The SMILES string of the molecule is NOC[C@@H](N)c1ccccc1. The molecule has 0 aliphatic carbocycles. The highest BCUT2D eigenvalue weighted by molar-refractivity contribution is 5.18. The Labute approximate surface area is 65.9 Å². The van der Waals surface area contributed by atoms with Crippen LogP contribution in [0.25, 0.3) is 0 Å². The summed E-state index contributed by atoms with van der Waals surface area (Å²) in [6, 6.07) is 9.59. The largest absolute Gasteiger partial charge is 0.322 e. The molecule has 1 atom stereocenters. The van der Waals surface area contributed by atoms with Crippen molar-refractivity contribution in [3.8, 4) is 0 Å². The Balaban J connectivity index is 2.61. The quantitative estimate of drug-likeness (QED) is 0.623. The van der Waals surface area contributed by atoms with Gasteiger partial charge in [-0.2, -0.15) is 0 Å². The summed E-state index contributed by atoms with van der Waals surface area (Å²) in [5.41, 5.74) is 6.74. The van der Waals surface area contributed by atoms with Crippen LogP contribution in [0, 0.1) is 0 Å².